The summed E-state index contributed by atoms with van der Waals surface area (Å²) in [5.41, 5.74) is 0. The average Bonchev–Trinajstić information content (AvgIpc) is 2.32. The summed E-state index contributed by atoms with van der Waals surface area (Å²) in [6.07, 6.45) is 1.25. The molecule has 0 aliphatic rings. The Balaban J connectivity index is 2.95. The van der Waals surface area contributed by atoms with Gasteiger partial charge in [0, 0.05) is 5.39 Å². The van der Waals surface area contributed by atoms with E-state index in [9.17, 15) is 10.2 Å². The highest BCUT2D eigenvalue weighted by molar-refractivity contribution is 5.92. The van der Waals surface area contributed by atoms with Gasteiger partial charge in [0.2, 0.25) is 5.88 Å². The van der Waals surface area contributed by atoms with Gasteiger partial charge in [-0.15, -0.1) is 0 Å². The Kier molecular flexibility index (Phi) is 1.18. The second-order valence-electron chi connectivity index (χ2n) is 2.54. The van der Waals surface area contributed by atoms with Crippen LogP contribution in [0.15, 0.2) is 24.4 Å². The number of rotatable bonds is 0. The van der Waals surface area contributed by atoms with Crippen molar-refractivity contribution in [1.82, 2.24) is 4.73 Å². The normalized spacial score (nSPS) is 10.7. The number of nitrogens with zero attached hydrogens (tertiary/aromatic N) is 1. The van der Waals surface area contributed by atoms with Crippen LogP contribution in [-0.2, 0) is 0 Å². The molecule has 0 radical (unpaired) electrons. The molecule has 0 unspecified atom stereocenters. The molecule has 0 aliphatic heterocycles. The number of phenolic OH excluding ortho intramolecular Hbond substituents is 1. The van der Waals surface area contributed by atoms with Crippen molar-refractivity contribution in [3.63, 3.8) is 0 Å². The lowest BCUT2D eigenvalue weighted by Gasteiger charge is -1.92. The van der Waals surface area contributed by atoms with Crippen LogP contribution in [-0.4, -0.2) is 20.2 Å². The van der Waals surface area contributed by atoms with E-state index in [1.807, 2.05) is 0 Å². The first-order chi connectivity index (χ1) is 5.70. The van der Waals surface area contributed by atoms with Crippen LogP contribution in [0, 0.1) is 0 Å². The molecule has 0 saturated carbocycles. The highest BCUT2D eigenvalue weighted by atomic mass is 16.5. The van der Waals surface area contributed by atoms with E-state index in [1.54, 1.807) is 12.1 Å². The maximum absolute atomic E-state index is 9.27. The lowest BCUT2D eigenvalue weighted by Crippen LogP contribution is -1.82. The molecule has 62 valence electrons. The van der Waals surface area contributed by atoms with Crippen molar-refractivity contribution in [3.05, 3.63) is 24.4 Å². The molecule has 2 rings (SSSR count). The van der Waals surface area contributed by atoms with Gasteiger partial charge in [-0.05, 0) is 12.1 Å². The smallest absolute Gasteiger partial charge is 0.232 e. The van der Waals surface area contributed by atoms with E-state index in [2.05, 4.69) is 0 Å². The average molecular weight is 165 g/mol. The van der Waals surface area contributed by atoms with Crippen LogP contribution in [0.1, 0.15) is 0 Å². The summed E-state index contributed by atoms with van der Waals surface area (Å²) in [5, 5.41) is 28.4. The topological polar surface area (TPSA) is 65.6 Å². The minimum Gasteiger partial charge on any atom is -0.507 e. The fourth-order valence-electron chi connectivity index (χ4n) is 1.19. The fraction of sp³-hybridized carbons (Fsp3) is 0. The van der Waals surface area contributed by atoms with Crippen molar-refractivity contribution in [2.75, 3.05) is 0 Å². The maximum Gasteiger partial charge on any atom is 0.232 e. The van der Waals surface area contributed by atoms with Crippen LogP contribution in [0.3, 0.4) is 0 Å². The summed E-state index contributed by atoms with van der Waals surface area (Å²) in [7, 11) is 0. The Morgan fingerprint density at radius 1 is 1.08 bits per heavy atom. The number of phenols is 1. The van der Waals surface area contributed by atoms with Crippen molar-refractivity contribution >= 4 is 10.8 Å². The maximum atomic E-state index is 9.27. The standard InChI is InChI=1S/C8H7NO3/c10-7-3-1-2-5-6(7)4-9(12)8(5)11/h1-4,10-12H. The van der Waals surface area contributed by atoms with Crippen LogP contribution in [0.2, 0.25) is 0 Å². The SMILES string of the molecule is Oc1cccc2c(O)n(O)cc12. The molecule has 4 heteroatoms. The fourth-order valence-corrected chi connectivity index (χ4v) is 1.19. The predicted octanol–water partition coefficient (Wildman–Crippen LogP) is 1.29. The Morgan fingerprint density at radius 3 is 2.50 bits per heavy atom. The number of hydrogen-bond acceptors (Lipinski definition) is 3. The van der Waals surface area contributed by atoms with Gasteiger partial charge in [0.05, 0.1) is 11.6 Å². The molecule has 1 aromatic heterocycles. The highest BCUT2D eigenvalue weighted by Gasteiger charge is 2.08. The Morgan fingerprint density at radius 2 is 1.83 bits per heavy atom. The van der Waals surface area contributed by atoms with E-state index in [0.29, 0.717) is 15.5 Å². The number of aromatic hydroxyl groups is 2. The van der Waals surface area contributed by atoms with Gasteiger partial charge in [0.25, 0.3) is 0 Å². The minimum atomic E-state index is -0.263. The zero-order valence-electron chi connectivity index (χ0n) is 6.10. The van der Waals surface area contributed by atoms with Crippen molar-refractivity contribution < 1.29 is 15.4 Å². The van der Waals surface area contributed by atoms with Gasteiger partial charge in [-0.1, -0.05) is 6.07 Å². The lowest BCUT2D eigenvalue weighted by atomic mass is 10.2. The van der Waals surface area contributed by atoms with Crippen molar-refractivity contribution in [2.24, 2.45) is 0 Å². The molecular weight excluding hydrogens is 158 g/mol. The van der Waals surface area contributed by atoms with Gasteiger partial charge >= 0.3 is 0 Å². The van der Waals surface area contributed by atoms with Crippen LogP contribution >= 0.6 is 0 Å². The van der Waals surface area contributed by atoms with Crippen LogP contribution in [0.25, 0.3) is 10.8 Å². The van der Waals surface area contributed by atoms with Crippen molar-refractivity contribution in [3.8, 4) is 11.6 Å². The third-order valence-corrected chi connectivity index (χ3v) is 1.79. The van der Waals surface area contributed by atoms with Crippen LogP contribution in [0.5, 0.6) is 11.6 Å². The third-order valence-electron chi connectivity index (χ3n) is 1.79. The Hall–Kier alpha value is -1.84. The first kappa shape index (κ1) is 6.84. The van der Waals surface area contributed by atoms with Crippen molar-refractivity contribution in [1.29, 1.82) is 0 Å². The van der Waals surface area contributed by atoms with Gasteiger partial charge in [-0.2, -0.15) is 4.73 Å². The quantitative estimate of drug-likeness (QED) is 0.515. The molecule has 3 N–H and O–H groups in total. The van der Waals surface area contributed by atoms with Gasteiger partial charge in [0.1, 0.15) is 5.75 Å². The number of benzene rings is 1. The molecule has 0 bridgehead atoms. The zero-order valence-corrected chi connectivity index (χ0v) is 6.10. The third kappa shape index (κ3) is 0.717. The molecule has 0 amide bonds. The van der Waals surface area contributed by atoms with E-state index in [4.69, 9.17) is 5.21 Å². The second kappa shape index (κ2) is 2.07. The van der Waals surface area contributed by atoms with E-state index in [0.717, 1.165) is 0 Å². The summed E-state index contributed by atoms with van der Waals surface area (Å²) in [5.74, 6) is -0.225. The number of hydrogen-bond donors (Lipinski definition) is 3. The monoisotopic (exact) mass is 165 g/mol. The molecule has 2 aromatic rings. The lowest BCUT2D eigenvalue weighted by molar-refractivity contribution is 0.158. The molecule has 0 saturated heterocycles. The molecule has 1 aromatic carbocycles. The molecule has 0 spiro atoms. The summed E-state index contributed by atoms with van der Waals surface area (Å²) in [6, 6.07) is 4.69. The number of aromatic nitrogens is 1. The molecule has 0 fully saturated rings. The van der Waals surface area contributed by atoms with Crippen LogP contribution < -0.4 is 0 Å². The van der Waals surface area contributed by atoms with Gasteiger partial charge in [0.15, 0.2) is 0 Å². The summed E-state index contributed by atoms with van der Waals surface area (Å²) in [4.78, 5) is 0. The number of fused-ring (bicyclic) bond motifs is 1. The molecule has 4 nitrogen and oxygen atoms in total. The molecule has 1 heterocycles. The Labute approximate surface area is 67.9 Å². The van der Waals surface area contributed by atoms with Gasteiger partial charge < -0.3 is 15.4 Å². The summed E-state index contributed by atoms with van der Waals surface area (Å²) in [6.45, 7) is 0. The Bertz CT molecular complexity index is 433. The first-order valence-electron chi connectivity index (χ1n) is 3.41. The molecule has 0 atom stereocenters. The largest absolute Gasteiger partial charge is 0.507 e. The zero-order chi connectivity index (χ0) is 8.72. The predicted molar refractivity (Wildman–Crippen MR) is 42.5 cm³/mol. The molecule has 0 aliphatic carbocycles. The molecular formula is C8H7NO3. The molecule has 12 heavy (non-hydrogen) atoms. The van der Waals surface area contributed by atoms with E-state index < -0.39 is 0 Å². The van der Waals surface area contributed by atoms with E-state index in [-0.39, 0.29) is 11.6 Å². The van der Waals surface area contributed by atoms with Crippen LogP contribution in [0.4, 0.5) is 0 Å². The highest BCUT2D eigenvalue weighted by Crippen LogP contribution is 2.31. The van der Waals surface area contributed by atoms with Gasteiger partial charge in [-0.25, -0.2) is 0 Å². The van der Waals surface area contributed by atoms with Gasteiger partial charge in [-0.3, -0.25) is 0 Å². The first-order valence-corrected chi connectivity index (χ1v) is 3.41. The summed E-state index contributed by atoms with van der Waals surface area (Å²) < 4.78 is 0.574. The summed E-state index contributed by atoms with van der Waals surface area (Å²) >= 11 is 0. The van der Waals surface area contributed by atoms with E-state index in [1.165, 1.54) is 12.3 Å². The minimum absolute atomic E-state index is 0.0376. The van der Waals surface area contributed by atoms with Crippen molar-refractivity contribution in [2.45, 2.75) is 0 Å². The second-order valence-corrected chi connectivity index (χ2v) is 2.54. The van der Waals surface area contributed by atoms with E-state index >= 15 is 0 Å².